The summed E-state index contributed by atoms with van der Waals surface area (Å²) in [6, 6.07) is 8.71. The van der Waals surface area contributed by atoms with E-state index in [1.54, 1.807) is 12.1 Å². The number of aromatic nitrogens is 4. The summed E-state index contributed by atoms with van der Waals surface area (Å²) in [5.74, 6) is -0.219. The van der Waals surface area contributed by atoms with Crippen LogP contribution in [0.15, 0.2) is 42.7 Å². The number of ether oxygens (including phenoxy) is 3. The van der Waals surface area contributed by atoms with Crippen molar-refractivity contribution in [2.75, 3.05) is 33.5 Å². The van der Waals surface area contributed by atoms with E-state index in [4.69, 9.17) is 25.8 Å². The monoisotopic (exact) mass is 720 g/mol. The minimum absolute atomic E-state index is 0.0191. The largest absolute Gasteiger partial charge is 0.494 e. The predicted octanol–water partition coefficient (Wildman–Crippen LogP) is 4.93. The van der Waals surface area contributed by atoms with Gasteiger partial charge in [0.15, 0.2) is 11.6 Å². The van der Waals surface area contributed by atoms with Crippen LogP contribution in [-0.2, 0) is 48.0 Å². The van der Waals surface area contributed by atoms with Crippen LogP contribution in [0.3, 0.4) is 0 Å². The van der Waals surface area contributed by atoms with Crippen LogP contribution in [0, 0.1) is 5.82 Å². The van der Waals surface area contributed by atoms with E-state index >= 15 is 0 Å². The number of carbonyl (C=O) groups is 2. The van der Waals surface area contributed by atoms with Gasteiger partial charge in [0.1, 0.15) is 5.15 Å². The summed E-state index contributed by atoms with van der Waals surface area (Å²) in [5.41, 5.74) is 13.1. The normalized spacial score (nSPS) is 19.2. The molecule has 8 heterocycles. The van der Waals surface area contributed by atoms with Gasteiger partial charge in [-0.1, -0.05) is 11.6 Å². The zero-order valence-corrected chi connectivity index (χ0v) is 29.1. The van der Waals surface area contributed by atoms with E-state index in [1.165, 1.54) is 18.7 Å². The van der Waals surface area contributed by atoms with E-state index in [0.717, 1.165) is 100 Å². The van der Waals surface area contributed by atoms with Gasteiger partial charge in [-0.2, -0.15) is 0 Å². The van der Waals surface area contributed by atoms with Crippen LogP contribution in [0.2, 0.25) is 5.15 Å². The van der Waals surface area contributed by atoms with Gasteiger partial charge in [0.2, 0.25) is 0 Å². The molecule has 2 spiro atoms. The summed E-state index contributed by atoms with van der Waals surface area (Å²) in [6.07, 6.45) is 8.60. The molecule has 13 heteroatoms. The highest BCUT2D eigenvalue weighted by atomic mass is 35.5. The van der Waals surface area contributed by atoms with Crippen molar-refractivity contribution in [3.8, 4) is 39.5 Å². The quantitative estimate of drug-likeness (QED) is 0.190. The Morgan fingerprint density at radius 3 is 1.85 bits per heavy atom. The van der Waals surface area contributed by atoms with Crippen LogP contribution in [0.5, 0.6) is 5.75 Å². The second-order valence-electron chi connectivity index (χ2n) is 14.7. The Bertz CT molecular complexity index is 2360. The van der Waals surface area contributed by atoms with E-state index in [9.17, 15) is 14.0 Å². The Kier molecular flexibility index (Phi) is 6.99. The number of fused-ring (bicyclic) bond motifs is 10. The number of halogens is 2. The number of benzene rings is 1. The summed E-state index contributed by atoms with van der Waals surface area (Å²) in [6.45, 7) is 2.29. The molecule has 4 aromatic heterocycles. The Labute approximate surface area is 302 Å². The molecule has 2 fully saturated rings. The number of aryl methyl sites for hydroxylation is 2. The average molecular weight is 721 g/mol. The van der Waals surface area contributed by atoms with Gasteiger partial charge in [-0.15, -0.1) is 0 Å². The fraction of sp³-hybridized carbons (Fsp3) is 0.333. The molecule has 6 aliphatic rings. The fourth-order valence-corrected chi connectivity index (χ4v) is 8.85. The molecule has 52 heavy (non-hydrogen) atoms. The lowest BCUT2D eigenvalue weighted by Gasteiger charge is -2.44. The molecule has 0 bridgehead atoms. The van der Waals surface area contributed by atoms with Crippen molar-refractivity contribution in [2.24, 2.45) is 0 Å². The van der Waals surface area contributed by atoms with Gasteiger partial charge in [-0.25, -0.2) is 9.37 Å². The molecule has 11 rings (SSSR count). The van der Waals surface area contributed by atoms with Crippen LogP contribution in [0.25, 0.3) is 33.8 Å². The molecule has 0 saturated carbocycles. The van der Waals surface area contributed by atoms with Crippen LogP contribution in [0.4, 0.5) is 4.39 Å². The minimum Gasteiger partial charge on any atom is -0.494 e. The first kappa shape index (κ1) is 31.7. The number of methoxy groups -OCH3 is 1. The summed E-state index contributed by atoms with van der Waals surface area (Å²) in [4.78, 5) is 41.2. The molecule has 5 aromatic rings. The van der Waals surface area contributed by atoms with Crippen molar-refractivity contribution in [2.45, 2.75) is 49.6 Å². The lowest BCUT2D eigenvalue weighted by Crippen LogP contribution is -2.65. The number of hydrogen-bond acceptors (Lipinski definition) is 7. The van der Waals surface area contributed by atoms with Gasteiger partial charge in [-0.05, 0) is 78.3 Å². The molecule has 0 atom stereocenters. The van der Waals surface area contributed by atoms with Crippen molar-refractivity contribution in [1.82, 2.24) is 30.6 Å². The van der Waals surface area contributed by atoms with E-state index in [0.29, 0.717) is 42.8 Å². The van der Waals surface area contributed by atoms with Gasteiger partial charge >= 0.3 is 0 Å². The highest BCUT2D eigenvalue weighted by Crippen LogP contribution is 2.42. The van der Waals surface area contributed by atoms with Crippen molar-refractivity contribution < 1.29 is 28.2 Å². The lowest BCUT2D eigenvalue weighted by molar-refractivity contribution is -0.0714. The molecule has 0 radical (unpaired) electrons. The second kappa shape index (κ2) is 11.5. The molecule has 11 nitrogen and oxygen atoms in total. The first-order valence-corrected chi connectivity index (χ1v) is 17.9. The zero-order valence-electron chi connectivity index (χ0n) is 28.3. The molecule has 264 valence electrons. The van der Waals surface area contributed by atoms with E-state index in [1.807, 2.05) is 24.5 Å². The van der Waals surface area contributed by atoms with Gasteiger partial charge in [-0.3, -0.25) is 14.6 Å². The molecular formula is C39H34ClFN6O5. The highest BCUT2D eigenvalue weighted by Gasteiger charge is 2.47. The topological polar surface area (TPSA) is 143 Å². The Hall–Kier alpha value is -5.04. The van der Waals surface area contributed by atoms with Crippen molar-refractivity contribution in [1.29, 1.82) is 0 Å². The number of hydrogen-bond donors (Lipinski definition) is 4. The number of rotatable bonds is 2. The zero-order chi connectivity index (χ0) is 35.4. The van der Waals surface area contributed by atoms with Crippen LogP contribution in [-0.4, -0.2) is 76.4 Å². The third-order valence-corrected chi connectivity index (χ3v) is 11.5. The van der Waals surface area contributed by atoms with Crippen LogP contribution in [0.1, 0.15) is 54.4 Å². The average Bonchev–Trinajstić information content (AvgIpc) is 3.69. The summed E-state index contributed by atoms with van der Waals surface area (Å²) < 4.78 is 29.9. The standard InChI is InChI=1S/C23H20FN3O3.C16H14ClN3O2/c1-29-19-5-3-12(6-16(19)24)17-7-15-13(9-25-17)2-4-14-20-18(26-21(14)15)8-23(10-30-11-23)27-22(20)28;17-12-3-10-8(5-18-12)1-2-9-13-11(19-14(9)10)4-16(6-22-7-16)20-15(13)21/h3,5-7,9,26H,2,4,8,10-11H2,1H3,(H,27,28);3,5,19H,1-2,4,6-7H2,(H,20,21). The van der Waals surface area contributed by atoms with Gasteiger partial charge in [0.25, 0.3) is 11.8 Å². The molecule has 2 aliphatic carbocycles. The highest BCUT2D eigenvalue weighted by molar-refractivity contribution is 6.29. The van der Waals surface area contributed by atoms with E-state index < -0.39 is 5.82 Å². The second-order valence-corrected chi connectivity index (χ2v) is 15.1. The third-order valence-electron chi connectivity index (χ3n) is 11.3. The Morgan fingerprint density at radius 2 is 1.33 bits per heavy atom. The number of H-pyrrole nitrogens is 2. The number of carbonyl (C=O) groups excluding carboxylic acids is 2. The van der Waals surface area contributed by atoms with Crippen molar-refractivity contribution in [3.05, 3.63) is 98.5 Å². The minimum atomic E-state index is -0.421. The maximum atomic E-state index is 14.2. The molecule has 0 unspecified atom stereocenters. The number of aromatic amines is 2. The summed E-state index contributed by atoms with van der Waals surface area (Å²) in [5, 5.41) is 6.76. The lowest BCUT2D eigenvalue weighted by atomic mass is 9.83. The van der Waals surface area contributed by atoms with E-state index in [-0.39, 0.29) is 28.6 Å². The molecule has 4 aliphatic heterocycles. The van der Waals surface area contributed by atoms with Crippen LogP contribution < -0.4 is 15.4 Å². The first-order valence-electron chi connectivity index (χ1n) is 17.5. The van der Waals surface area contributed by atoms with Gasteiger partial charge in [0, 0.05) is 53.3 Å². The summed E-state index contributed by atoms with van der Waals surface area (Å²) in [7, 11) is 1.44. The number of amides is 2. The predicted molar refractivity (Wildman–Crippen MR) is 189 cm³/mol. The fourth-order valence-electron chi connectivity index (χ4n) is 8.69. The SMILES string of the molecule is COc1ccc(-c2cc3c(cn2)CCc2c-3[nH]c3c2C(=O)NC2(COC2)C3)cc1F.O=C1NC2(COC2)Cc2[nH]c3c(c21)CCc1cnc(Cl)cc1-3. The first-order chi connectivity index (χ1) is 25.2. The molecule has 2 amide bonds. The Morgan fingerprint density at radius 1 is 0.769 bits per heavy atom. The Balaban J connectivity index is 0.000000136. The van der Waals surface area contributed by atoms with Crippen LogP contribution >= 0.6 is 11.6 Å². The molecule has 2 saturated heterocycles. The van der Waals surface area contributed by atoms with E-state index in [2.05, 4.69) is 30.6 Å². The van der Waals surface area contributed by atoms with Crippen molar-refractivity contribution >= 4 is 23.4 Å². The maximum Gasteiger partial charge on any atom is 0.254 e. The number of nitrogens with one attached hydrogen (secondary N) is 4. The molecule has 4 N–H and O–H groups in total. The molecular weight excluding hydrogens is 687 g/mol. The van der Waals surface area contributed by atoms with Crippen molar-refractivity contribution in [3.63, 3.8) is 0 Å². The maximum absolute atomic E-state index is 14.2. The smallest absolute Gasteiger partial charge is 0.254 e. The van der Waals surface area contributed by atoms with Gasteiger partial charge < -0.3 is 34.8 Å². The number of pyridine rings is 2. The number of nitrogens with zero attached hydrogens (tertiary/aromatic N) is 2. The van der Waals surface area contributed by atoms with Gasteiger partial charge in [0.05, 0.1) is 72.8 Å². The third kappa shape index (κ3) is 4.84. The molecule has 1 aromatic carbocycles. The summed E-state index contributed by atoms with van der Waals surface area (Å²) >= 11 is 6.05.